The van der Waals surface area contributed by atoms with Crippen LogP contribution >= 0.6 is 0 Å². The fourth-order valence-electron chi connectivity index (χ4n) is 2.80. The molecule has 2 heterocycles. The van der Waals surface area contributed by atoms with Gasteiger partial charge in [0.25, 0.3) is 5.56 Å². The van der Waals surface area contributed by atoms with E-state index in [1.54, 1.807) is 24.9 Å². The lowest BCUT2D eigenvalue weighted by Gasteiger charge is -2.08. The van der Waals surface area contributed by atoms with E-state index in [-0.39, 0.29) is 5.56 Å². The summed E-state index contributed by atoms with van der Waals surface area (Å²) < 4.78 is 17.3. The molecule has 30 heavy (non-hydrogen) atoms. The van der Waals surface area contributed by atoms with Gasteiger partial charge in [-0.3, -0.25) is 4.79 Å². The Balaban J connectivity index is 0.000000303. The highest BCUT2D eigenvalue weighted by molar-refractivity contribution is 5.25. The lowest BCUT2D eigenvalue weighted by molar-refractivity contribution is 0.170. The van der Waals surface area contributed by atoms with E-state index in [0.29, 0.717) is 13.2 Å². The van der Waals surface area contributed by atoms with E-state index < -0.39 is 0 Å². The van der Waals surface area contributed by atoms with Gasteiger partial charge in [0.05, 0.1) is 6.61 Å². The Morgan fingerprint density at radius 1 is 0.867 bits per heavy atom. The minimum absolute atomic E-state index is 0.0679. The third-order valence-electron chi connectivity index (χ3n) is 4.63. The van der Waals surface area contributed by atoms with Gasteiger partial charge in [-0.1, -0.05) is 26.8 Å². The summed E-state index contributed by atoms with van der Waals surface area (Å²) in [4.78, 5) is 15.8. The summed E-state index contributed by atoms with van der Waals surface area (Å²) in [6.45, 7) is 9.16. The molecular weight excluding hydrogens is 380 g/mol. The lowest BCUT2D eigenvalue weighted by Crippen LogP contribution is -2.19. The van der Waals surface area contributed by atoms with E-state index in [2.05, 4.69) is 31.8 Å². The zero-order chi connectivity index (χ0) is 22.2. The van der Waals surface area contributed by atoms with Crippen LogP contribution in [0.2, 0.25) is 0 Å². The summed E-state index contributed by atoms with van der Waals surface area (Å²) in [6.07, 6.45) is 6.63. The van der Waals surface area contributed by atoms with E-state index in [0.717, 1.165) is 56.8 Å². The van der Waals surface area contributed by atoms with Crippen LogP contribution in [0.5, 0.6) is 5.88 Å². The number of hydrogen-bond donors (Lipinski definition) is 0. The molecule has 0 atom stereocenters. The molecule has 0 aromatic carbocycles. The van der Waals surface area contributed by atoms with Gasteiger partial charge >= 0.3 is 0 Å². The number of pyridine rings is 2. The zero-order valence-corrected chi connectivity index (χ0v) is 19.3. The second kappa shape index (κ2) is 15.6. The maximum atomic E-state index is 11.4. The average Bonchev–Trinajstić information content (AvgIpc) is 2.78. The summed E-state index contributed by atoms with van der Waals surface area (Å²) in [5, 5.41) is 0. The minimum atomic E-state index is 0.0679. The van der Waals surface area contributed by atoms with Gasteiger partial charge in [0.15, 0.2) is 0 Å². The van der Waals surface area contributed by atoms with Crippen molar-refractivity contribution in [1.82, 2.24) is 9.55 Å². The molecule has 0 spiro atoms. The predicted octanol–water partition coefficient (Wildman–Crippen LogP) is 4.07. The molecular formula is C24H38N2O4. The number of methoxy groups -OCH3 is 2. The van der Waals surface area contributed by atoms with E-state index in [4.69, 9.17) is 14.2 Å². The van der Waals surface area contributed by atoms with Gasteiger partial charge in [0.1, 0.15) is 0 Å². The van der Waals surface area contributed by atoms with Crippen molar-refractivity contribution in [3.63, 3.8) is 0 Å². The van der Waals surface area contributed by atoms with Crippen molar-refractivity contribution in [3.05, 3.63) is 57.6 Å². The van der Waals surface area contributed by atoms with Crippen LogP contribution in [0.15, 0.2) is 35.3 Å². The normalized spacial score (nSPS) is 10.4. The molecule has 0 unspecified atom stereocenters. The Labute approximate surface area is 181 Å². The molecule has 6 heteroatoms. The van der Waals surface area contributed by atoms with Gasteiger partial charge < -0.3 is 18.8 Å². The zero-order valence-electron chi connectivity index (χ0n) is 19.3. The summed E-state index contributed by atoms with van der Waals surface area (Å²) in [5.41, 5.74) is 3.65. The Bertz CT molecular complexity index is 752. The fourth-order valence-corrected chi connectivity index (χ4v) is 2.80. The molecule has 0 aliphatic carbocycles. The Morgan fingerprint density at radius 2 is 1.57 bits per heavy atom. The molecule has 0 bridgehead atoms. The first-order chi connectivity index (χ1) is 14.6. The first-order valence-corrected chi connectivity index (χ1v) is 10.9. The molecule has 6 nitrogen and oxygen atoms in total. The van der Waals surface area contributed by atoms with Crippen molar-refractivity contribution in [2.45, 2.75) is 59.4 Å². The molecule has 2 aromatic rings. The summed E-state index contributed by atoms with van der Waals surface area (Å²) in [5.74, 6) is 0.743. The SMILES string of the molecule is CCc1cc(CC)nc(OCCCOC)c1.CCc1ccc(=O)n(CCCOC)c1. The maximum absolute atomic E-state index is 11.4. The van der Waals surface area contributed by atoms with Crippen molar-refractivity contribution in [2.24, 2.45) is 0 Å². The lowest BCUT2D eigenvalue weighted by atomic mass is 10.1. The number of nitrogens with zero attached hydrogens (tertiary/aromatic N) is 2. The van der Waals surface area contributed by atoms with E-state index in [1.807, 2.05) is 18.3 Å². The highest BCUT2D eigenvalue weighted by Gasteiger charge is 2.01. The second-order valence-electron chi connectivity index (χ2n) is 6.98. The first kappa shape index (κ1) is 25.9. The van der Waals surface area contributed by atoms with Gasteiger partial charge in [0.2, 0.25) is 5.88 Å². The van der Waals surface area contributed by atoms with Crippen LogP contribution in [-0.4, -0.2) is 43.6 Å². The van der Waals surface area contributed by atoms with Crippen molar-refractivity contribution in [2.75, 3.05) is 34.0 Å². The Morgan fingerprint density at radius 3 is 2.20 bits per heavy atom. The maximum Gasteiger partial charge on any atom is 0.250 e. The standard InChI is InChI=1S/C13H21NO2.C11H17NO2/c1-4-11-9-12(5-2)14-13(10-11)16-8-6-7-15-3;1-3-10-5-6-11(13)12(9-10)7-4-8-14-2/h9-10H,4-8H2,1-3H3;5-6,9H,3-4,7-8H2,1-2H3. The van der Waals surface area contributed by atoms with Crippen LogP contribution in [0.1, 0.15) is 50.4 Å². The second-order valence-corrected chi connectivity index (χ2v) is 6.98. The number of aromatic nitrogens is 2. The first-order valence-electron chi connectivity index (χ1n) is 10.9. The van der Waals surface area contributed by atoms with Gasteiger partial charge in [0, 0.05) is 64.4 Å². The summed E-state index contributed by atoms with van der Waals surface area (Å²) in [6, 6.07) is 7.68. The highest BCUT2D eigenvalue weighted by Crippen LogP contribution is 2.14. The predicted molar refractivity (Wildman–Crippen MR) is 122 cm³/mol. The molecule has 0 radical (unpaired) electrons. The van der Waals surface area contributed by atoms with Crippen molar-refractivity contribution in [3.8, 4) is 5.88 Å². The number of ether oxygens (including phenoxy) is 3. The molecule has 0 saturated carbocycles. The van der Waals surface area contributed by atoms with Crippen LogP contribution in [-0.2, 0) is 35.3 Å². The molecule has 168 valence electrons. The molecule has 0 aliphatic heterocycles. The number of rotatable bonds is 12. The molecule has 2 aromatic heterocycles. The molecule has 0 fully saturated rings. The monoisotopic (exact) mass is 418 g/mol. The summed E-state index contributed by atoms with van der Waals surface area (Å²) >= 11 is 0. The molecule has 0 N–H and O–H groups in total. The van der Waals surface area contributed by atoms with E-state index >= 15 is 0 Å². The van der Waals surface area contributed by atoms with Crippen LogP contribution < -0.4 is 10.3 Å². The highest BCUT2D eigenvalue weighted by atomic mass is 16.5. The Hall–Kier alpha value is -2.18. The fraction of sp³-hybridized carbons (Fsp3) is 0.583. The number of hydrogen-bond acceptors (Lipinski definition) is 5. The molecule has 0 amide bonds. The third-order valence-corrected chi connectivity index (χ3v) is 4.63. The third kappa shape index (κ3) is 10.0. The average molecular weight is 419 g/mol. The Kier molecular flexibility index (Phi) is 13.5. The van der Waals surface area contributed by atoms with E-state index in [1.165, 1.54) is 11.1 Å². The topological polar surface area (TPSA) is 62.6 Å². The minimum Gasteiger partial charge on any atom is -0.478 e. The smallest absolute Gasteiger partial charge is 0.250 e. The summed E-state index contributed by atoms with van der Waals surface area (Å²) in [7, 11) is 3.37. The number of aryl methyl sites for hydroxylation is 4. The van der Waals surface area contributed by atoms with Crippen molar-refractivity contribution in [1.29, 1.82) is 0 Å². The molecule has 2 rings (SSSR count). The van der Waals surface area contributed by atoms with E-state index in [9.17, 15) is 4.79 Å². The quantitative estimate of drug-likeness (QED) is 0.486. The largest absolute Gasteiger partial charge is 0.478 e. The van der Waals surface area contributed by atoms with Gasteiger partial charge in [-0.05, 0) is 42.9 Å². The molecule has 0 aliphatic rings. The van der Waals surface area contributed by atoms with Crippen molar-refractivity contribution < 1.29 is 14.2 Å². The van der Waals surface area contributed by atoms with Gasteiger partial charge in [-0.15, -0.1) is 0 Å². The molecule has 0 saturated heterocycles. The van der Waals surface area contributed by atoms with Gasteiger partial charge in [-0.25, -0.2) is 4.98 Å². The van der Waals surface area contributed by atoms with Crippen LogP contribution in [0, 0.1) is 0 Å². The van der Waals surface area contributed by atoms with Crippen LogP contribution in [0.25, 0.3) is 0 Å². The van der Waals surface area contributed by atoms with Gasteiger partial charge in [-0.2, -0.15) is 0 Å². The van der Waals surface area contributed by atoms with Crippen LogP contribution in [0.3, 0.4) is 0 Å². The van der Waals surface area contributed by atoms with Crippen LogP contribution in [0.4, 0.5) is 0 Å². The van der Waals surface area contributed by atoms with Crippen molar-refractivity contribution >= 4 is 0 Å².